The van der Waals surface area contributed by atoms with Crippen molar-refractivity contribution in [3.05, 3.63) is 11.5 Å². The first kappa shape index (κ1) is 9.55. The van der Waals surface area contributed by atoms with Crippen molar-refractivity contribution in [2.75, 3.05) is 6.61 Å². The Bertz CT molecular complexity index is 130. The number of halogens is 5. The van der Waals surface area contributed by atoms with Crippen molar-refractivity contribution in [1.82, 2.24) is 0 Å². The normalized spacial score (nSPS) is 13.5. The fourth-order valence-electron chi connectivity index (χ4n) is 0.182. The number of alkyl halides is 3. The third-order valence-electron chi connectivity index (χ3n) is 0.460. The van der Waals surface area contributed by atoms with Gasteiger partial charge < -0.3 is 4.74 Å². The first-order valence-electron chi connectivity index (χ1n) is 2.11. The summed E-state index contributed by atoms with van der Waals surface area (Å²) in [6.07, 6.45) is -4.53. The lowest BCUT2D eigenvalue weighted by atomic mass is 10.7. The molecule has 0 aromatic carbocycles. The van der Waals surface area contributed by atoms with Crippen LogP contribution < -0.4 is 0 Å². The second-order valence-electron chi connectivity index (χ2n) is 1.32. The monoisotopic (exact) mass is 178 g/mol. The van der Waals surface area contributed by atoms with E-state index in [9.17, 15) is 17.6 Å². The van der Waals surface area contributed by atoms with E-state index in [0.29, 0.717) is 0 Å². The van der Waals surface area contributed by atoms with E-state index in [0.717, 1.165) is 0 Å². The van der Waals surface area contributed by atoms with Gasteiger partial charge in [0.2, 0.25) is 0 Å². The molecule has 0 rings (SSSR count). The molecule has 0 aliphatic carbocycles. The Kier molecular flexibility index (Phi) is 3.49. The van der Waals surface area contributed by atoms with Crippen LogP contribution in [0, 0.1) is 0 Å². The van der Waals surface area contributed by atoms with Crippen LogP contribution in [0.1, 0.15) is 0 Å². The number of hydrogen-bond donors (Lipinski definition) is 0. The van der Waals surface area contributed by atoms with E-state index in [2.05, 4.69) is 16.3 Å². The van der Waals surface area contributed by atoms with Crippen molar-refractivity contribution in [1.29, 1.82) is 0 Å². The van der Waals surface area contributed by atoms with Gasteiger partial charge in [0.15, 0.2) is 6.61 Å². The Morgan fingerprint density at radius 3 is 2.30 bits per heavy atom. The molecule has 0 spiro atoms. The van der Waals surface area contributed by atoms with Crippen LogP contribution in [0.5, 0.6) is 0 Å². The third kappa shape index (κ3) is 5.68. The second-order valence-corrected chi connectivity index (χ2v) is 1.54. The summed E-state index contributed by atoms with van der Waals surface area (Å²) in [5.74, 6) is 0. The third-order valence-corrected chi connectivity index (χ3v) is 0.631. The van der Waals surface area contributed by atoms with Gasteiger partial charge in [0.1, 0.15) is 0 Å². The molecule has 0 N–H and O–H groups in total. The molecule has 60 valence electrons. The van der Waals surface area contributed by atoms with E-state index in [1.807, 2.05) is 0 Å². The summed E-state index contributed by atoms with van der Waals surface area (Å²) < 4.78 is 48.7. The van der Waals surface area contributed by atoms with Crippen LogP contribution >= 0.6 is 11.6 Å². The molecule has 0 saturated heterocycles. The molecule has 0 saturated carbocycles. The van der Waals surface area contributed by atoms with E-state index in [4.69, 9.17) is 0 Å². The maximum absolute atomic E-state index is 11.7. The van der Waals surface area contributed by atoms with E-state index in [-0.39, 0.29) is 5.54 Å². The Balaban J connectivity index is 3.56. The molecule has 0 heterocycles. The molecule has 0 aromatic heterocycles. The largest absolute Gasteiger partial charge is 0.461 e. The lowest BCUT2D eigenvalue weighted by Gasteiger charge is -2.05. The molecule has 6 heteroatoms. The molecule has 10 heavy (non-hydrogen) atoms. The van der Waals surface area contributed by atoms with Crippen LogP contribution in [0.4, 0.5) is 17.6 Å². The second kappa shape index (κ2) is 3.65. The lowest BCUT2D eigenvalue weighted by Crippen LogP contribution is -2.15. The van der Waals surface area contributed by atoms with Crippen LogP contribution in [0.2, 0.25) is 0 Å². The van der Waals surface area contributed by atoms with Crippen LogP contribution in [-0.2, 0) is 4.74 Å². The average Bonchev–Trinajstić information content (AvgIpc) is 1.81. The highest BCUT2D eigenvalue weighted by atomic mass is 35.5. The van der Waals surface area contributed by atoms with Crippen molar-refractivity contribution in [2.45, 2.75) is 6.18 Å². The van der Waals surface area contributed by atoms with Gasteiger partial charge in [0.05, 0.1) is 5.54 Å². The Hall–Kier alpha value is -0.450. The van der Waals surface area contributed by atoms with Gasteiger partial charge in [0.25, 0.3) is 6.01 Å². The molecule has 1 nitrogen and oxygen atoms in total. The molecule has 0 aromatic rings. The van der Waals surface area contributed by atoms with Crippen molar-refractivity contribution < 1.29 is 22.3 Å². The van der Waals surface area contributed by atoms with E-state index in [1.165, 1.54) is 0 Å². The maximum atomic E-state index is 11.7. The highest BCUT2D eigenvalue weighted by molar-refractivity contribution is 6.25. The van der Waals surface area contributed by atoms with Gasteiger partial charge in [-0.15, -0.1) is 0 Å². The van der Waals surface area contributed by atoms with Crippen molar-refractivity contribution in [2.24, 2.45) is 0 Å². The van der Waals surface area contributed by atoms with E-state index < -0.39 is 18.8 Å². The van der Waals surface area contributed by atoms with Crippen LogP contribution in [0.25, 0.3) is 0 Å². The van der Waals surface area contributed by atoms with Crippen molar-refractivity contribution in [3.63, 3.8) is 0 Å². The molecular weight excluding hydrogens is 175 g/mol. The minimum atomic E-state index is -4.53. The highest BCUT2D eigenvalue weighted by Crippen LogP contribution is 2.16. The van der Waals surface area contributed by atoms with Crippen LogP contribution in [0.15, 0.2) is 11.5 Å². The first-order chi connectivity index (χ1) is 4.45. The molecule has 0 unspecified atom stereocenters. The van der Waals surface area contributed by atoms with Gasteiger partial charge in [-0.2, -0.15) is 17.6 Å². The molecule has 0 atom stereocenters. The van der Waals surface area contributed by atoms with E-state index in [1.54, 1.807) is 0 Å². The minimum Gasteiger partial charge on any atom is -0.461 e. The quantitative estimate of drug-likeness (QED) is 0.467. The number of ether oxygens (including phenoxy) is 1. The van der Waals surface area contributed by atoms with Crippen LogP contribution in [0.3, 0.4) is 0 Å². The standard InChI is InChI=1S/C4H3ClF4O/c5-1-3(6)10-2-4(7,8)9/h1H,2H2/b3-1-. The SMILES string of the molecule is F/C(=C/Cl)OCC(F)(F)F. The molecule has 0 radical (unpaired) electrons. The zero-order valence-electron chi connectivity index (χ0n) is 4.58. The minimum absolute atomic E-state index is 0.283. The van der Waals surface area contributed by atoms with Gasteiger partial charge in [0, 0.05) is 0 Å². The Labute approximate surface area is 59.2 Å². The summed E-state index contributed by atoms with van der Waals surface area (Å²) in [5.41, 5.74) is 0.283. The van der Waals surface area contributed by atoms with Gasteiger partial charge in [-0.25, -0.2) is 0 Å². The molecule has 0 fully saturated rings. The average molecular weight is 179 g/mol. The summed E-state index contributed by atoms with van der Waals surface area (Å²) >= 11 is 4.65. The molecule has 0 amide bonds. The van der Waals surface area contributed by atoms with Crippen molar-refractivity contribution in [3.8, 4) is 0 Å². The molecule has 0 aliphatic rings. The summed E-state index contributed by atoms with van der Waals surface area (Å²) in [6.45, 7) is -1.66. The Morgan fingerprint density at radius 1 is 1.50 bits per heavy atom. The smallest absolute Gasteiger partial charge is 0.422 e. The van der Waals surface area contributed by atoms with Gasteiger partial charge in [-0.1, -0.05) is 11.6 Å². The van der Waals surface area contributed by atoms with Gasteiger partial charge in [-0.3, -0.25) is 0 Å². The van der Waals surface area contributed by atoms with E-state index >= 15 is 0 Å². The number of hydrogen-bond acceptors (Lipinski definition) is 1. The van der Waals surface area contributed by atoms with Gasteiger partial charge in [-0.05, 0) is 0 Å². The number of rotatable bonds is 2. The van der Waals surface area contributed by atoms with Crippen molar-refractivity contribution >= 4 is 11.6 Å². The predicted octanol–water partition coefficient (Wildman–Crippen LogP) is 2.57. The highest BCUT2D eigenvalue weighted by Gasteiger charge is 2.28. The molecular formula is C4H3ClF4O. The zero-order valence-corrected chi connectivity index (χ0v) is 5.34. The summed E-state index contributed by atoms with van der Waals surface area (Å²) in [6, 6.07) is -1.45. The van der Waals surface area contributed by atoms with Crippen LogP contribution in [-0.4, -0.2) is 12.8 Å². The topological polar surface area (TPSA) is 9.23 Å². The fourth-order valence-corrected chi connectivity index (χ4v) is 0.245. The molecule has 0 bridgehead atoms. The fraction of sp³-hybridized carbons (Fsp3) is 0.500. The predicted molar refractivity (Wildman–Crippen MR) is 27.1 cm³/mol. The van der Waals surface area contributed by atoms with Gasteiger partial charge >= 0.3 is 6.18 Å². The summed E-state index contributed by atoms with van der Waals surface area (Å²) in [7, 11) is 0. The summed E-state index contributed by atoms with van der Waals surface area (Å²) in [5, 5.41) is 0. The summed E-state index contributed by atoms with van der Waals surface area (Å²) in [4.78, 5) is 0. The Morgan fingerprint density at radius 2 is 2.00 bits per heavy atom. The first-order valence-corrected chi connectivity index (χ1v) is 2.55. The molecule has 0 aliphatic heterocycles. The zero-order chi connectivity index (χ0) is 8.20. The maximum Gasteiger partial charge on any atom is 0.422 e. The lowest BCUT2D eigenvalue weighted by molar-refractivity contribution is -0.169.